The molecule has 0 saturated heterocycles. The highest BCUT2D eigenvalue weighted by atomic mass is 32.1. The summed E-state index contributed by atoms with van der Waals surface area (Å²) >= 11 is 1.71. The summed E-state index contributed by atoms with van der Waals surface area (Å²) in [4.78, 5) is 1.37. The second-order valence-corrected chi connectivity index (χ2v) is 4.97. The van der Waals surface area contributed by atoms with Crippen molar-refractivity contribution in [2.24, 2.45) is 0 Å². The van der Waals surface area contributed by atoms with E-state index >= 15 is 0 Å². The van der Waals surface area contributed by atoms with E-state index in [1.165, 1.54) is 21.9 Å². The number of fused-ring (bicyclic) bond motifs is 1. The Kier molecular flexibility index (Phi) is 2.31. The van der Waals surface area contributed by atoms with Crippen LogP contribution in [0.25, 0.3) is 10.1 Å². The third kappa shape index (κ3) is 1.44. The van der Waals surface area contributed by atoms with Gasteiger partial charge < -0.3 is 0 Å². The molecular weight excluding hydrogens is 195 g/mol. The van der Waals surface area contributed by atoms with Crippen LogP contribution in [-0.2, 0) is 0 Å². The van der Waals surface area contributed by atoms with E-state index in [0.29, 0.717) is 5.92 Å². The lowest BCUT2D eigenvalue weighted by Gasteiger charge is -2.01. The summed E-state index contributed by atoms with van der Waals surface area (Å²) in [5, 5.41) is 1.19. The van der Waals surface area contributed by atoms with Gasteiger partial charge in [0.25, 0.3) is 0 Å². The monoisotopic (exact) mass is 208 g/mol. The minimum Gasteiger partial charge on any atom is -0.207 e. The molecule has 0 saturated carbocycles. The Morgan fingerprint density at radius 1 is 1.29 bits per heavy atom. The first-order valence-corrected chi connectivity index (χ1v) is 5.60. The Balaban J connectivity index is 2.73. The van der Waals surface area contributed by atoms with Gasteiger partial charge >= 0.3 is 0 Å². The molecule has 1 heterocycles. The maximum atomic E-state index is 13.0. The first kappa shape index (κ1) is 9.66. The van der Waals surface area contributed by atoms with E-state index in [2.05, 4.69) is 20.8 Å². The van der Waals surface area contributed by atoms with Crippen molar-refractivity contribution in [3.63, 3.8) is 0 Å². The first-order valence-electron chi connectivity index (χ1n) is 4.78. The third-order valence-electron chi connectivity index (χ3n) is 2.46. The van der Waals surface area contributed by atoms with E-state index in [1.54, 1.807) is 17.4 Å². The molecule has 0 fully saturated rings. The number of hydrogen-bond donors (Lipinski definition) is 0. The number of aryl methyl sites for hydroxylation is 1. The van der Waals surface area contributed by atoms with Crippen LogP contribution in [0.4, 0.5) is 4.39 Å². The number of rotatable bonds is 1. The molecule has 1 aromatic heterocycles. The van der Waals surface area contributed by atoms with E-state index in [4.69, 9.17) is 0 Å². The molecule has 0 bridgehead atoms. The highest BCUT2D eigenvalue weighted by Crippen LogP contribution is 2.35. The molecule has 2 rings (SSSR count). The van der Waals surface area contributed by atoms with Crippen molar-refractivity contribution >= 4 is 21.4 Å². The molecule has 0 N–H and O–H groups in total. The van der Waals surface area contributed by atoms with Crippen LogP contribution < -0.4 is 0 Å². The lowest BCUT2D eigenvalue weighted by Crippen LogP contribution is -1.83. The van der Waals surface area contributed by atoms with Crippen LogP contribution in [0.2, 0.25) is 0 Å². The van der Waals surface area contributed by atoms with Crippen molar-refractivity contribution in [1.82, 2.24) is 0 Å². The fourth-order valence-corrected chi connectivity index (χ4v) is 3.01. The van der Waals surface area contributed by atoms with Crippen LogP contribution >= 0.6 is 11.3 Å². The van der Waals surface area contributed by atoms with Crippen LogP contribution in [0, 0.1) is 12.7 Å². The summed E-state index contributed by atoms with van der Waals surface area (Å²) in [6, 6.07) is 5.04. The van der Waals surface area contributed by atoms with Gasteiger partial charge in [-0.2, -0.15) is 0 Å². The normalized spacial score (nSPS) is 11.5. The summed E-state index contributed by atoms with van der Waals surface area (Å²) in [5.41, 5.74) is 1.31. The Bertz CT molecular complexity index is 468. The Morgan fingerprint density at radius 2 is 2.00 bits per heavy atom. The molecular formula is C12H13FS. The molecule has 0 unspecified atom stereocenters. The van der Waals surface area contributed by atoms with Crippen LogP contribution in [0.15, 0.2) is 18.2 Å². The summed E-state index contributed by atoms with van der Waals surface area (Å²) in [6.07, 6.45) is 0. The highest BCUT2D eigenvalue weighted by molar-refractivity contribution is 7.19. The number of halogens is 1. The molecule has 14 heavy (non-hydrogen) atoms. The molecule has 0 nitrogen and oxygen atoms in total. The van der Waals surface area contributed by atoms with Crippen molar-refractivity contribution in [2.75, 3.05) is 0 Å². The van der Waals surface area contributed by atoms with Crippen molar-refractivity contribution in [3.8, 4) is 0 Å². The minimum absolute atomic E-state index is 0.144. The fraction of sp³-hybridized carbons (Fsp3) is 0.333. The second kappa shape index (κ2) is 3.35. The number of benzene rings is 1. The van der Waals surface area contributed by atoms with Gasteiger partial charge in [-0.1, -0.05) is 19.9 Å². The van der Waals surface area contributed by atoms with Gasteiger partial charge in [0.05, 0.1) is 0 Å². The van der Waals surface area contributed by atoms with E-state index in [-0.39, 0.29) is 5.82 Å². The van der Waals surface area contributed by atoms with Gasteiger partial charge in [-0.05, 0) is 35.9 Å². The number of thiophene rings is 1. The van der Waals surface area contributed by atoms with Crippen molar-refractivity contribution in [3.05, 3.63) is 34.5 Å². The summed E-state index contributed by atoms with van der Waals surface area (Å²) in [5.74, 6) is 0.379. The topological polar surface area (TPSA) is 0 Å². The molecule has 1 aromatic carbocycles. The molecule has 0 aliphatic carbocycles. The summed E-state index contributed by atoms with van der Waals surface area (Å²) in [6.45, 7) is 6.47. The lowest BCUT2D eigenvalue weighted by atomic mass is 10.1. The predicted molar refractivity (Wildman–Crippen MR) is 60.6 cm³/mol. The molecule has 0 aliphatic rings. The second-order valence-electron chi connectivity index (χ2n) is 3.89. The third-order valence-corrected chi connectivity index (χ3v) is 4.02. The highest BCUT2D eigenvalue weighted by Gasteiger charge is 2.11. The quantitative estimate of drug-likeness (QED) is 0.648. The lowest BCUT2D eigenvalue weighted by molar-refractivity contribution is 0.630. The zero-order valence-corrected chi connectivity index (χ0v) is 9.41. The largest absolute Gasteiger partial charge is 0.207 e. The van der Waals surface area contributed by atoms with Gasteiger partial charge in [0.15, 0.2) is 0 Å². The molecule has 0 amide bonds. The fourth-order valence-electron chi connectivity index (χ4n) is 1.77. The van der Waals surface area contributed by atoms with Gasteiger partial charge in [0.2, 0.25) is 0 Å². The average Bonchev–Trinajstić information content (AvgIpc) is 2.43. The van der Waals surface area contributed by atoms with Crippen molar-refractivity contribution in [1.29, 1.82) is 0 Å². The number of hydrogen-bond acceptors (Lipinski definition) is 1. The Morgan fingerprint density at radius 3 is 2.64 bits per heavy atom. The minimum atomic E-state index is -0.144. The van der Waals surface area contributed by atoms with E-state index in [9.17, 15) is 4.39 Å². The van der Waals surface area contributed by atoms with E-state index in [0.717, 1.165) is 4.70 Å². The molecule has 0 atom stereocenters. The zero-order chi connectivity index (χ0) is 10.3. The van der Waals surface area contributed by atoms with Crippen LogP contribution in [0.3, 0.4) is 0 Å². The standard InChI is InChI=1S/C12H13FS/c1-7(2)12-8(3)10-5-4-9(13)6-11(10)14-12/h4-7H,1-3H3. The van der Waals surface area contributed by atoms with Gasteiger partial charge in [0, 0.05) is 9.58 Å². The van der Waals surface area contributed by atoms with Crippen molar-refractivity contribution in [2.45, 2.75) is 26.7 Å². The van der Waals surface area contributed by atoms with Crippen LogP contribution in [0.5, 0.6) is 0 Å². The van der Waals surface area contributed by atoms with E-state index < -0.39 is 0 Å². The summed E-state index contributed by atoms with van der Waals surface area (Å²) < 4.78 is 14.0. The summed E-state index contributed by atoms with van der Waals surface area (Å²) in [7, 11) is 0. The SMILES string of the molecule is Cc1c(C(C)C)sc2cc(F)ccc12. The molecule has 0 radical (unpaired) electrons. The molecule has 2 aromatic rings. The maximum Gasteiger partial charge on any atom is 0.124 e. The van der Waals surface area contributed by atoms with Crippen LogP contribution in [-0.4, -0.2) is 0 Å². The molecule has 74 valence electrons. The molecule has 2 heteroatoms. The first-order chi connectivity index (χ1) is 6.59. The maximum absolute atomic E-state index is 13.0. The van der Waals surface area contributed by atoms with Gasteiger partial charge in [-0.25, -0.2) is 4.39 Å². The zero-order valence-electron chi connectivity index (χ0n) is 8.60. The average molecular weight is 208 g/mol. The van der Waals surface area contributed by atoms with Gasteiger partial charge in [-0.3, -0.25) is 0 Å². The Hall–Kier alpha value is -0.890. The van der Waals surface area contributed by atoms with Gasteiger partial charge in [0.1, 0.15) is 5.82 Å². The van der Waals surface area contributed by atoms with Crippen LogP contribution in [0.1, 0.15) is 30.2 Å². The van der Waals surface area contributed by atoms with E-state index in [1.807, 2.05) is 6.07 Å². The Labute approximate surface area is 87.4 Å². The molecule has 0 aliphatic heterocycles. The predicted octanol–water partition coefficient (Wildman–Crippen LogP) is 4.47. The van der Waals surface area contributed by atoms with Crippen molar-refractivity contribution < 1.29 is 4.39 Å². The smallest absolute Gasteiger partial charge is 0.124 e. The molecule has 0 spiro atoms. The van der Waals surface area contributed by atoms with Gasteiger partial charge in [-0.15, -0.1) is 11.3 Å².